The number of nitrogens with zero attached hydrogens (tertiary/aromatic N) is 2. The van der Waals surface area contributed by atoms with Crippen molar-refractivity contribution in [1.82, 2.24) is 20.4 Å². The summed E-state index contributed by atoms with van der Waals surface area (Å²) in [5.74, 6) is -0.327. The summed E-state index contributed by atoms with van der Waals surface area (Å²) in [7, 11) is 1.62. The first-order valence-corrected chi connectivity index (χ1v) is 5.62. The van der Waals surface area contributed by atoms with Gasteiger partial charge in [0.1, 0.15) is 12.2 Å². The fourth-order valence-electron chi connectivity index (χ4n) is 2.03. The summed E-state index contributed by atoms with van der Waals surface area (Å²) in [6, 6.07) is -0.898. The molecule has 0 spiro atoms. The van der Waals surface area contributed by atoms with E-state index in [4.69, 9.17) is 12.2 Å². The Kier molecular flexibility index (Phi) is 2.78. The smallest absolute Gasteiger partial charge is 0.325 e. The van der Waals surface area contributed by atoms with Gasteiger partial charge in [-0.2, -0.15) is 0 Å². The van der Waals surface area contributed by atoms with Crippen LogP contribution in [-0.2, 0) is 4.79 Å². The Bertz CT molecular complexity index is 423. The molecule has 0 saturated carbocycles. The Labute approximate surface area is 105 Å². The van der Waals surface area contributed by atoms with Gasteiger partial charge in [0.25, 0.3) is 5.91 Å². The first kappa shape index (κ1) is 11.8. The number of hydrogen-bond donors (Lipinski definition) is 2. The molecule has 17 heavy (non-hydrogen) atoms. The molecule has 92 valence electrons. The van der Waals surface area contributed by atoms with Gasteiger partial charge in [-0.3, -0.25) is 10.1 Å². The van der Waals surface area contributed by atoms with Crippen molar-refractivity contribution in [3.63, 3.8) is 0 Å². The van der Waals surface area contributed by atoms with E-state index in [1.807, 2.05) is 6.92 Å². The minimum Gasteiger partial charge on any atom is -0.340 e. The quantitative estimate of drug-likeness (QED) is 0.520. The molecule has 2 aliphatic heterocycles. The van der Waals surface area contributed by atoms with E-state index in [9.17, 15) is 9.59 Å². The Morgan fingerprint density at radius 2 is 2.18 bits per heavy atom. The van der Waals surface area contributed by atoms with Gasteiger partial charge in [0, 0.05) is 13.6 Å². The molecule has 2 atom stereocenters. The SMILES string of the molecule is C=C(C)CN1C(=S)NC2C1C(=O)NC(=O)N2C. The molecule has 2 saturated heterocycles. The third-order valence-electron chi connectivity index (χ3n) is 2.84. The zero-order valence-corrected chi connectivity index (χ0v) is 10.5. The number of thiocarbonyl (C=S) groups is 1. The lowest BCUT2D eigenvalue weighted by atomic mass is 10.1. The second-order valence-electron chi connectivity index (χ2n) is 4.33. The van der Waals surface area contributed by atoms with Crippen molar-refractivity contribution in [2.45, 2.75) is 19.1 Å². The lowest BCUT2D eigenvalue weighted by Crippen LogP contribution is -2.64. The number of urea groups is 1. The molecule has 2 N–H and O–H groups in total. The van der Waals surface area contributed by atoms with Crippen molar-refractivity contribution in [1.29, 1.82) is 0 Å². The number of carbonyl (C=O) groups is 2. The Hall–Kier alpha value is -1.63. The van der Waals surface area contributed by atoms with Crippen LogP contribution in [0.15, 0.2) is 12.2 Å². The largest absolute Gasteiger partial charge is 0.340 e. The molecule has 2 unspecified atom stereocenters. The molecule has 2 rings (SSSR count). The number of rotatable bonds is 2. The molecular formula is C10H14N4O2S. The molecule has 0 aromatic heterocycles. The number of imide groups is 1. The summed E-state index contributed by atoms with van der Waals surface area (Å²) in [5, 5.41) is 5.76. The fourth-order valence-corrected chi connectivity index (χ4v) is 2.33. The molecular weight excluding hydrogens is 240 g/mol. The molecule has 0 aliphatic carbocycles. The Morgan fingerprint density at radius 3 is 2.76 bits per heavy atom. The van der Waals surface area contributed by atoms with E-state index in [2.05, 4.69) is 17.2 Å². The molecule has 2 heterocycles. The lowest BCUT2D eigenvalue weighted by molar-refractivity contribution is -0.126. The first-order valence-electron chi connectivity index (χ1n) is 5.21. The number of carbonyl (C=O) groups excluding carboxylic acids is 2. The van der Waals surface area contributed by atoms with E-state index >= 15 is 0 Å². The number of hydrogen-bond acceptors (Lipinski definition) is 3. The molecule has 0 aromatic rings. The van der Waals surface area contributed by atoms with Gasteiger partial charge in [-0.15, -0.1) is 0 Å². The molecule has 3 amide bonds. The van der Waals surface area contributed by atoms with Crippen molar-refractivity contribution in [2.75, 3.05) is 13.6 Å². The molecule has 7 heteroatoms. The van der Waals surface area contributed by atoms with E-state index < -0.39 is 18.2 Å². The fraction of sp³-hybridized carbons (Fsp3) is 0.500. The predicted molar refractivity (Wildman–Crippen MR) is 66.1 cm³/mol. The standard InChI is InChI=1S/C10H14N4O2S/c1-5(2)4-14-6-7(11-10(14)17)13(3)9(16)12-8(6)15/h6-7H,1,4H2,2-3H3,(H,11,17)(H,12,15,16). The zero-order valence-electron chi connectivity index (χ0n) is 9.69. The second kappa shape index (κ2) is 3.99. The molecule has 6 nitrogen and oxygen atoms in total. The molecule has 0 bridgehead atoms. The first-order chi connectivity index (χ1) is 7.91. The van der Waals surface area contributed by atoms with Crippen molar-refractivity contribution >= 4 is 29.3 Å². The van der Waals surface area contributed by atoms with Crippen molar-refractivity contribution in [2.24, 2.45) is 0 Å². The van der Waals surface area contributed by atoms with Crippen LogP contribution in [0.1, 0.15) is 6.92 Å². The van der Waals surface area contributed by atoms with Gasteiger partial charge in [-0.1, -0.05) is 12.2 Å². The second-order valence-corrected chi connectivity index (χ2v) is 4.72. The van der Waals surface area contributed by atoms with Crippen LogP contribution >= 0.6 is 12.2 Å². The summed E-state index contributed by atoms with van der Waals surface area (Å²) >= 11 is 5.17. The van der Waals surface area contributed by atoms with E-state index in [1.54, 1.807) is 11.9 Å². The van der Waals surface area contributed by atoms with Gasteiger partial charge in [0.05, 0.1) is 0 Å². The summed E-state index contributed by atoms with van der Waals surface area (Å²) in [4.78, 5) is 26.5. The summed E-state index contributed by atoms with van der Waals surface area (Å²) in [6.45, 7) is 6.18. The van der Waals surface area contributed by atoms with Crippen molar-refractivity contribution in [3.8, 4) is 0 Å². The molecule has 0 radical (unpaired) electrons. The number of amides is 3. The van der Waals surface area contributed by atoms with Crippen LogP contribution in [0.25, 0.3) is 0 Å². The van der Waals surface area contributed by atoms with Gasteiger partial charge in [-0.25, -0.2) is 4.79 Å². The summed E-state index contributed by atoms with van der Waals surface area (Å²) < 4.78 is 0. The van der Waals surface area contributed by atoms with Gasteiger partial charge in [0.15, 0.2) is 5.11 Å². The maximum absolute atomic E-state index is 11.8. The van der Waals surface area contributed by atoms with Crippen LogP contribution in [0.5, 0.6) is 0 Å². The minimum absolute atomic E-state index is 0.327. The summed E-state index contributed by atoms with van der Waals surface area (Å²) in [6.07, 6.45) is -0.400. The van der Waals surface area contributed by atoms with Crippen molar-refractivity contribution < 1.29 is 9.59 Å². The average molecular weight is 254 g/mol. The maximum atomic E-state index is 11.8. The average Bonchev–Trinajstić information content (AvgIpc) is 2.53. The predicted octanol–water partition coefficient (Wildman–Crippen LogP) is -0.371. The maximum Gasteiger partial charge on any atom is 0.325 e. The third kappa shape index (κ3) is 1.86. The molecule has 0 aromatic carbocycles. The van der Waals surface area contributed by atoms with E-state index in [1.165, 1.54) is 4.90 Å². The highest BCUT2D eigenvalue weighted by molar-refractivity contribution is 7.80. The van der Waals surface area contributed by atoms with Crippen LogP contribution in [0.4, 0.5) is 4.79 Å². The van der Waals surface area contributed by atoms with E-state index in [0.29, 0.717) is 11.7 Å². The van der Waals surface area contributed by atoms with Crippen LogP contribution in [0.2, 0.25) is 0 Å². The molecule has 2 fully saturated rings. The minimum atomic E-state index is -0.484. The van der Waals surface area contributed by atoms with Crippen LogP contribution in [0, 0.1) is 0 Å². The van der Waals surface area contributed by atoms with Crippen molar-refractivity contribution in [3.05, 3.63) is 12.2 Å². The molecule has 2 aliphatic rings. The van der Waals surface area contributed by atoms with Crippen LogP contribution in [-0.4, -0.2) is 52.7 Å². The summed E-state index contributed by atoms with van der Waals surface area (Å²) in [5.41, 5.74) is 0.905. The highest BCUT2D eigenvalue weighted by Gasteiger charge is 2.48. The Balaban J connectivity index is 2.28. The normalized spacial score (nSPS) is 27.8. The monoisotopic (exact) mass is 254 g/mol. The number of fused-ring (bicyclic) bond motifs is 1. The Morgan fingerprint density at radius 1 is 1.53 bits per heavy atom. The highest BCUT2D eigenvalue weighted by atomic mass is 32.1. The van der Waals surface area contributed by atoms with Gasteiger partial charge in [0.2, 0.25) is 0 Å². The zero-order chi connectivity index (χ0) is 12.7. The highest BCUT2D eigenvalue weighted by Crippen LogP contribution is 2.20. The lowest BCUT2D eigenvalue weighted by Gasteiger charge is -2.35. The van der Waals surface area contributed by atoms with E-state index in [0.717, 1.165) is 5.57 Å². The third-order valence-corrected chi connectivity index (χ3v) is 3.20. The van der Waals surface area contributed by atoms with Gasteiger partial charge in [-0.05, 0) is 19.1 Å². The van der Waals surface area contributed by atoms with Crippen LogP contribution < -0.4 is 10.6 Å². The van der Waals surface area contributed by atoms with E-state index in [-0.39, 0.29) is 5.91 Å². The van der Waals surface area contributed by atoms with Crippen LogP contribution in [0.3, 0.4) is 0 Å². The van der Waals surface area contributed by atoms with Gasteiger partial charge < -0.3 is 15.1 Å². The topological polar surface area (TPSA) is 64.7 Å². The van der Waals surface area contributed by atoms with Gasteiger partial charge >= 0.3 is 6.03 Å². The number of nitrogens with one attached hydrogen (secondary N) is 2. The number of likely N-dealkylation sites (N-methyl/N-ethyl adjacent to an activating group) is 1.